The van der Waals surface area contributed by atoms with Gasteiger partial charge in [0.1, 0.15) is 0 Å². The highest BCUT2D eigenvalue weighted by Gasteiger charge is 2.26. The molecular formula is C23H37N3O. The number of piperazine rings is 1. The molecule has 2 heterocycles. The summed E-state index contributed by atoms with van der Waals surface area (Å²) in [6.45, 7) is 15.5. The Morgan fingerprint density at radius 2 is 1.52 bits per heavy atom. The van der Waals surface area contributed by atoms with E-state index in [1.807, 2.05) is 0 Å². The minimum atomic E-state index is 0.326. The molecular weight excluding hydrogens is 334 g/mol. The van der Waals surface area contributed by atoms with Gasteiger partial charge in [-0.05, 0) is 48.3 Å². The lowest BCUT2D eigenvalue weighted by Crippen LogP contribution is -2.51. The van der Waals surface area contributed by atoms with Crippen molar-refractivity contribution in [1.82, 2.24) is 9.80 Å². The predicted molar refractivity (Wildman–Crippen MR) is 113 cm³/mol. The molecule has 0 aliphatic carbocycles. The number of piperidine rings is 1. The first-order valence-corrected chi connectivity index (χ1v) is 10.8. The van der Waals surface area contributed by atoms with Gasteiger partial charge in [0.2, 0.25) is 5.91 Å². The summed E-state index contributed by atoms with van der Waals surface area (Å²) in [6, 6.07) is 8.98. The van der Waals surface area contributed by atoms with Crippen molar-refractivity contribution < 1.29 is 4.79 Å². The summed E-state index contributed by atoms with van der Waals surface area (Å²) in [6.07, 6.45) is 2.34. The van der Waals surface area contributed by atoms with Crippen LogP contribution in [0.4, 0.5) is 5.69 Å². The van der Waals surface area contributed by atoms with Crippen molar-refractivity contribution in [2.45, 2.75) is 46.5 Å². The minimum Gasteiger partial charge on any atom is -0.369 e. The molecule has 0 atom stereocenters. The van der Waals surface area contributed by atoms with Crippen LogP contribution in [-0.2, 0) is 4.79 Å². The molecule has 0 spiro atoms. The summed E-state index contributed by atoms with van der Waals surface area (Å²) in [7, 11) is 0. The third-order valence-corrected chi connectivity index (χ3v) is 6.49. The van der Waals surface area contributed by atoms with Crippen LogP contribution in [0.2, 0.25) is 0 Å². The standard InChI is InChI=1S/C23H37N3O/c1-18(2)20-5-7-22(8-6-20)25-15-13-24(14-16-25)17-23(27)26-11-9-21(10-12-26)19(3)4/h5-8,18-19,21H,9-17H2,1-4H3. The number of amides is 1. The van der Waals surface area contributed by atoms with E-state index in [1.54, 1.807) is 0 Å². The zero-order chi connectivity index (χ0) is 19.4. The third-order valence-electron chi connectivity index (χ3n) is 6.49. The second-order valence-corrected chi connectivity index (χ2v) is 8.97. The Labute approximate surface area is 165 Å². The monoisotopic (exact) mass is 371 g/mol. The van der Waals surface area contributed by atoms with Crippen LogP contribution < -0.4 is 4.90 Å². The Morgan fingerprint density at radius 1 is 0.926 bits per heavy atom. The van der Waals surface area contributed by atoms with E-state index in [-0.39, 0.29) is 0 Å². The van der Waals surface area contributed by atoms with Crippen LogP contribution in [0.5, 0.6) is 0 Å². The van der Waals surface area contributed by atoms with Gasteiger partial charge in [-0.3, -0.25) is 9.69 Å². The van der Waals surface area contributed by atoms with Crippen molar-refractivity contribution in [1.29, 1.82) is 0 Å². The number of carbonyl (C=O) groups excluding carboxylic acids is 1. The van der Waals surface area contributed by atoms with Crippen LogP contribution >= 0.6 is 0 Å². The van der Waals surface area contributed by atoms with Crippen LogP contribution in [0, 0.1) is 11.8 Å². The van der Waals surface area contributed by atoms with E-state index in [0.29, 0.717) is 18.4 Å². The zero-order valence-corrected chi connectivity index (χ0v) is 17.7. The molecule has 1 aromatic rings. The van der Waals surface area contributed by atoms with Crippen LogP contribution in [0.1, 0.15) is 52.0 Å². The molecule has 27 heavy (non-hydrogen) atoms. The Balaban J connectivity index is 1.43. The van der Waals surface area contributed by atoms with Gasteiger partial charge in [0.05, 0.1) is 6.54 Å². The molecule has 4 heteroatoms. The second-order valence-electron chi connectivity index (χ2n) is 8.97. The Morgan fingerprint density at radius 3 is 2.04 bits per heavy atom. The van der Waals surface area contributed by atoms with E-state index in [4.69, 9.17) is 0 Å². The van der Waals surface area contributed by atoms with Gasteiger partial charge >= 0.3 is 0 Å². The van der Waals surface area contributed by atoms with Crippen LogP contribution in [0.15, 0.2) is 24.3 Å². The fraction of sp³-hybridized carbons (Fsp3) is 0.696. The van der Waals surface area contributed by atoms with E-state index in [9.17, 15) is 4.79 Å². The van der Waals surface area contributed by atoms with Gasteiger partial charge < -0.3 is 9.80 Å². The predicted octanol–water partition coefficient (Wildman–Crippen LogP) is 3.83. The van der Waals surface area contributed by atoms with E-state index < -0.39 is 0 Å². The van der Waals surface area contributed by atoms with Gasteiger partial charge in [-0.2, -0.15) is 0 Å². The van der Waals surface area contributed by atoms with E-state index in [0.717, 1.165) is 51.1 Å². The minimum absolute atomic E-state index is 0.326. The number of carbonyl (C=O) groups is 1. The van der Waals surface area contributed by atoms with Gasteiger partial charge in [0, 0.05) is 45.0 Å². The molecule has 0 radical (unpaired) electrons. The number of hydrogen-bond donors (Lipinski definition) is 0. The molecule has 1 amide bonds. The van der Waals surface area contributed by atoms with Crippen molar-refractivity contribution in [3.63, 3.8) is 0 Å². The molecule has 0 bridgehead atoms. The molecule has 2 aliphatic rings. The van der Waals surface area contributed by atoms with Gasteiger partial charge in [0.25, 0.3) is 0 Å². The first-order valence-electron chi connectivity index (χ1n) is 10.8. The summed E-state index contributed by atoms with van der Waals surface area (Å²) in [5.74, 6) is 2.43. The van der Waals surface area contributed by atoms with Crippen LogP contribution in [0.3, 0.4) is 0 Å². The van der Waals surface area contributed by atoms with E-state index in [2.05, 4.69) is 66.7 Å². The smallest absolute Gasteiger partial charge is 0.236 e. The number of benzene rings is 1. The van der Waals surface area contributed by atoms with Crippen molar-refractivity contribution in [3.05, 3.63) is 29.8 Å². The lowest BCUT2D eigenvalue weighted by molar-refractivity contribution is -0.134. The van der Waals surface area contributed by atoms with Gasteiger partial charge in [-0.25, -0.2) is 0 Å². The number of nitrogens with zero attached hydrogens (tertiary/aromatic N) is 3. The maximum absolute atomic E-state index is 12.7. The van der Waals surface area contributed by atoms with Crippen LogP contribution in [0.25, 0.3) is 0 Å². The van der Waals surface area contributed by atoms with Crippen molar-refractivity contribution >= 4 is 11.6 Å². The number of anilines is 1. The SMILES string of the molecule is CC(C)c1ccc(N2CCN(CC(=O)N3CCC(C(C)C)CC3)CC2)cc1. The lowest BCUT2D eigenvalue weighted by Gasteiger charge is -2.38. The molecule has 2 fully saturated rings. The van der Waals surface area contributed by atoms with Gasteiger partial charge in [-0.1, -0.05) is 39.8 Å². The molecule has 0 aromatic heterocycles. The molecule has 150 valence electrons. The number of hydrogen-bond acceptors (Lipinski definition) is 3. The van der Waals surface area contributed by atoms with Gasteiger partial charge in [0.15, 0.2) is 0 Å². The summed E-state index contributed by atoms with van der Waals surface area (Å²) in [4.78, 5) is 19.5. The molecule has 2 aliphatic heterocycles. The fourth-order valence-electron chi connectivity index (χ4n) is 4.34. The summed E-state index contributed by atoms with van der Waals surface area (Å²) in [5, 5.41) is 0. The number of rotatable bonds is 5. The highest BCUT2D eigenvalue weighted by molar-refractivity contribution is 5.78. The second kappa shape index (κ2) is 9.09. The van der Waals surface area contributed by atoms with Gasteiger partial charge in [-0.15, -0.1) is 0 Å². The zero-order valence-electron chi connectivity index (χ0n) is 17.7. The molecule has 0 unspecified atom stereocenters. The molecule has 3 rings (SSSR count). The largest absolute Gasteiger partial charge is 0.369 e. The highest BCUT2D eigenvalue weighted by atomic mass is 16.2. The maximum atomic E-state index is 12.7. The highest BCUT2D eigenvalue weighted by Crippen LogP contribution is 2.25. The summed E-state index contributed by atoms with van der Waals surface area (Å²) in [5.41, 5.74) is 2.70. The van der Waals surface area contributed by atoms with Crippen LogP contribution in [-0.4, -0.2) is 61.5 Å². The normalized spacial score (nSPS) is 19.9. The van der Waals surface area contributed by atoms with Crippen molar-refractivity contribution in [3.8, 4) is 0 Å². The lowest BCUT2D eigenvalue weighted by atomic mass is 9.87. The Hall–Kier alpha value is -1.55. The average Bonchev–Trinajstić information content (AvgIpc) is 2.68. The first-order chi connectivity index (χ1) is 12.9. The van der Waals surface area contributed by atoms with Crippen molar-refractivity contribution in [2.24, 2.45) is 11.8 Å². The Bertz CT molecular complexity index is 595. The topological polar surface area (TPSA) is 26.8 Å². The summed E-state index contributed by atoms with van der Waals surface area (Å²) < 4.78 is 0. The Kier molecular flexibility index (Phi) is 6.80. The third kappa shape index (κ3) is 5.25. The van der Waals surface area contributed by atoms with E-state index in [1.165, 1.54) is 24.1 Å². The fourth-order valence-corrected chi connectivity index (χ4v) is 4.34. The molecule has 4 nitrogen and oxygen atoms in total. The molecule has 0 saturated carbocycles. The summed E-state index contributed by atoms with van der Waals surface area (Å²) >= 11 is 0. The quantitative estimate of drug-likeness (QED) is 0.787. The van der Waals surface area contributed by atoms with Crippen molar-refractivity contribution in [2.75, 3.05) is 50.7 Å². The molecule has 0 N–H and O–H groups in total. The number of likely N-dealkylation sites (tertiary alicyclic amines) is 1. The first kappa shape index (κ1) is 20.2. The molecule has 1 aromatic carbocycles. The average molecular weight is 372 g/mol. The molecule has 2 saturated heterocycles. The van der Waals surface area contributed by atoms with E-state index >= 15 is 0 Å². The maximum Gasteiger partial charge on any atom is 0.236 e.